The van der Waals surface area contributed by atoms with E-state index < -0.39 is 13.6 Å². The first-order valence-corrected chi connectivity index (χ1v) is 2.88. The van der Waals surface area contributed by atoms with Crippen LogP contribution in [0.3, 0.4) is 0 Å². The van der Waals surface area contributed by atoms with E-state index in [4.69, 9.17) is 15.9 Å². The smallest absolute Gasteiger partial charge is 0 e. The van der Waals surface area contributed by atoms with Gasteiger partial charge in [-0.1, -0.05) is 0 Å². The van der Waals surface area contributed by atoms with Gasteiger partial charge in [0.1, 0.15) is 0 Å². The summed E-state index contributed by atoms with van der Waals surface area (Å²) >= 11 is -5.25. The van der Waals surface area contributed by atoms with Crippen molar-refractivity contribution in [1.29, 1.82) is 0 Å². The number of rotatable bonds is 0. The molecule has 0 aromatic rings. The molecule has 0 saturated carbocycles. The summed E-state index contributed by atoms with van der Waals surface area (Å²) in [5, 5.41) is 0. The van der Waals surface area contributed by atoms with Crippen molar-refractivity contribution in [2.75, 3.05) is 0 Å². The first-order chi connectivity index (χ1) is 2.00. The van der Waals surface area contributed by atoms with Gasteiger partial charge in [0.05, 0.1) is 0 Å². The van der Waals surface area contributed by atoms with Gasteiger partial charge in [0.2, 0.25) is 0 Å². The van der Waals surface area contributed by atoms with Gasteiger partial charge in [-0.2, -0.15) is 0 Å². The van der Waals surface area contributed by atoms with Crippen LogP contribution in [0.15, 0.2) is 0 Å². The molecule has 0 aromatic heterocycles. The Hall–Kier alpha value is 2.73. The van der Waals surface area contributed by atoms with Crippen LogP contribution in [-0.4, -0.2) is 53.8 Å². The zero-order chi connectivity index (χ0) is 4.50. The van der Waals surface area contributed by atoms with E-state index in [0.29, 0.717) is 0 Å². The van der Waals surface area contributed by atoms with Gasteiger partial charge in [-0.05, 0) is 0 Å². The van der Waals surface area contributed by atoms with Crippen molar-refractivity contribution >= 4 is 45.5 Å². The fraction of sp³-hybridized carbons (Fsp3) is 0. The first kappa shape index (κ1) is 16.4. The van der Waals surface area contributed by atoms with Gasteiger partial charge in [-0.25, -0.2) is 0 Å². The summed E-state index contributed by atoms with van der Waals surface area (Å²) in [5.74, 6) is 0. The van der Waals surface area contributed by atoms with Crippen LogP contribution in [0.5, 0.6) is 0 Å². The van der Waals surface area contributed by atoms with Crippen molar-refractivity contribution in [3.05, 3.63) is 0 Å². The van der Waals surface area contributed by atoms with Crippen LogP contribution in [0.2, 0.25) is 0 Å². The molecule has 0 fully saturated rings. The molecule has 0 heterocycles. The molecule has 0 spiro atoms. The molecule has 2 N–H and O–H groups in total. The third kappa shape index (κ3) is 53.1. The topological polar surface area (TPSA) is 74.6 Å². The van der Waals surface area contributed by atoms with Crippen LogP contribution in [0, 0.1) is 35.6 Å². The average molecular weight is 345 g/mol. The van der Waals surface area contributed by atoms with Gasteiger partial charge < -0.3 is 0 Å². The molecule has 0 aromatic carbocycles. The maximum absolute atomic E-state index is 8.82. The molecule has 0 aliphatic heterocycles. The third-order valence-corrected chi connectivity index (χ3v) is 0. The van der Waals surface area contributed by atoms with E-state index in [1.54, 1.807) is 0 Å². The van der Waals surface area contributed by atoms with Gasteiger partial charge in [0.25, 0.3) is 0 Å². The fourth-order valence-electron chi connectivity index (χ4n) is 0. The van der Waals surface area contributed by atoms with E-state index in [2.05, 4.69) is 0 Å². The van der Waals surface area contributed by atoms with Crippen LogP contribution in [-0.2, 0) is 21.2 Å². The maximum Gasteiger partial charge on any atom is 0 e. The SMILES string of the molecule is [La].[O]=[Cr](=[O])([OH])[OH].[Sr]. The van der Waals surface area contributed by atoms with Crippen LogP contribution < -0.4 is 0 Å². The minimum atomic E-state index is -5.25. The van der Waals surface area contributed by atoms with E-state index in [1.165, 1.54) is 0 Å². The zero-order valence-corrected chi connectivity index (χ0v) is 11.8. The van der Waals surface area contributed by atoms with E-state index >= 15 is 0 Å². The molecule has 0 unspecified atom stereocenters. The van der Waals surface area contributed by atoms with E-state index in [1.807, 2.05) is 0 Å². The summed E-state index contributed by atoms with van der Waals surface area (Å²) in [5.41, 5.74) is 0. The van der Waals surface area contributed by atoms with Crippen molar-refractivity contribution in [3.8, 4) is 0 Å². The molecule has 0 aliphatic carbocycles. The Morgan fingerprint density at radius 3 is 1.14 bits per heavy atom. The second-order valence-electron chi connectivity index (χ2n) is 0.448. The fourth-order valence-corrected chi connectivity index (χ4v) is 0. The van der Waals surface area contributed by atoms with Gasteiger partial charge in [0.15, 0.2) is 0 Å². The minimum Gasteiger partial charge on any atom is 0 e. The molecule has 0 bridgehead atoms. The summed E-state index contributed by atoms with van der Waals surface area (Å²) in [6, 6.07) is 0. The van der Waals surface area contributed by atoms with Crippen LogP contribution in [0.25, 0.3) is 0 Å². The van der Waals surface area contributed by atoms with Crippen molar-refractivity contribution in [2.45, 2.75) is 0 Å². The normalized spacial score (nSPS) is 8.29. The zero-order valence-electron chi connectivity index (χ0n) is 3.40. The summed E-state index contributed by atoms with van der Waals surface area (Å²) in [6.45, 7) is 0. The van der Waals surface area contributed by atoms with E-state index in [0.717, 1.165) is 0 Å². The van der Waals surface area contributed by atoms with Gasteiger partial charge in [0, 0.05) is 81.1 Å². The first-order valence-electron chi connectivity index (χ1n) is 0.698. The quantitative estimate of drug-likeness (QED) is 0.512. The van der Waals surface area contributed by atoms with Crippen LogP contribution in [0.1, 0.15) is 0 Å². The molecule has 0 saturated heterocycles. The average Bonchev–Trinajstić information content (AvgIpc) is 0.722. The van der Waals surface area contributed by atoms with Crippen molar-refractivity contribution < 1.29 is 65.1 Å². The van der Waals surface area contributed by atoms with Gasteiger partial charge in [-0.15, -0.1) is 0 Å². The Bertz CT molecular complexity index is 94.9. The largest absolute Gasteiger partial charge is 0 e. The third-order valence-electron chi connectivity index (χ3n) is 0. The predicted molar refractivity (Wildman–Crippen MR) is 11.6 cm³/mol. The molecule has 7 heavy (non-hydrogen) atoms. The minimum absolute atomic E-state index is 0. The second-order valence-corrected chi connectivity index (χ2v) is 1.85. The molecule has 3 radical (unpaired) electrons. The molecule has 0 amide bonds. The Morgan fingerprint density at radius 2 is 1.14 bits per heavy atom. The molecule has 0 atom stereocenters. The summed E-state index contributed by atoms with van der Waals surface area (Å²) in [7, 11) is 0. The molecule has 37 valence electrons. The van der Waals surface area contributed by atoms with Crippen molar-refractivity contribution in [3.63, 3.8) is 0 Å². The van der Waals surface area contributed by atoms with Crippen molar-refractivity contribution in [2.24, 2.45) is 0 Å². The second kappa shape index (κ2) is 6.84. The Kier molecular flexibility index (Phi) is 16.0. The predicted octanol–water partition coefficient (Wildman–Crippen LogP) is -1.73. The van der Waals surface area contributed by atoms with Gasteiger partial charge in [-0.3, -0.25) is 0 Å². The molecular formula is H2CrLaO4Sr. The number of hydrogen-bond donors (Lipinski definition) is 2. The van der Waals surface area contributed by atoms with Gasteiger partial charge >= 0.3 is 29.5 Å². The molecule has 4 nitrogen and oxygen atoms in total. The van der Waals surface area contributed by atoms with Crippen LogP contribution >= 0.6 is 0 Å². The summed E-state index contributed by atoms with van der Waals surface area (Å²) in [4.78, 5) is 0. The molecule has 0 rings (SSSR count). The Labute approximate surface area is 108 Å². The van der Waals surface area contributed by atoms with E-state index in [9.17, 15) is 0 Å². The summed E-state index contributed by atoms with van der Waals surface area (Å²) in [6.07, 6.45) is 0. The molecular weight excluding hydrogens is 343 g/mol. The maximum atomic E-state index is 8.82. The molecule has 0 aliphatic rings. The van der Waals surface area contributed by atoms with Crippen molar-refractivity contribution in [1.82, 2.24) is 0 Å². The number of hydrogen-bond acceptors (Lipinski definition) is 2. The Morgan fingerprint density at radius 1 is 1.14 bits per heavy atom. The van der Waals surface area contributed by atoms with E-state index in [-0.39, 0.29) is 81.1 Å². The van der Waals surface area contributed by atoms with Crippen LogP contribution in [0.4, 0.5) is 0 Å². The molecule has 7 heteroatoms. The monoisotopic (exact) mass is 345 g/mol. The Balaban J connectivity index is -0.0000000800. The standard InChI is InChI=1S/Cr.La.2H2O.2O.Sr/h;;2*1H2;;;/q+2;;;;;;/p-2. The summed E-state index contributed by atoms with van der Waals surface area (Å²) < 4.78 is 31.9.